The maximum Gasteiger partial charge on any atom is 0.402 e. The molecule has 0 saturated heterocycles. The van der Waals surface area contributed by atoms with Crippen molar-refractivity contribution in [3.8, 4) is 0 Å². The summed E-state index contributed by atoms with van der Waals surface area (Å²) in [5.74, 6) is -0.968. The maximum absolute atomic E-state index is 11.0. The lowest BCUT2D eigenvalue weighted by Gasteiger charge is -1.99. The molecule has 0 radical (unpaired) electrons. The third-order valence-electron chi connectivity index (χ3n) is 2.25. The first-order valence-corrected chi connectivity index (χ1v) is 4.88. The molecule has 0 fully saturated rings. The van der Waals surface area contributed by atoms with Gasteiger partial charge in [-0.15, -0.1) is 0 Å². The summed E-state index contributed by atoms with van der Waals surface area (Å²) in [4.78, 5) is 14.8. The molecule has 4 nitrogen and oxygen atoms in total. The van der Waals surface area contributed by atoms with Gasteiger partial charge in [0.05, 0.1) is 6.20 Å². The van der Waals surface area contributed by atoms with E-state index in [1.807, 2.05) is 30.3 Å². The largest absolute Gasteiger partial charge is 0.473 e. The molecule has 0 unspecified atom stereocenters. The molecule has 0 atom stereocenters. The molecule has 0 aliphatic rings. The number of aromatic nitrogens is 2. The molecule has 0 bridgehead atoms. The molecule has 1 heterocycles. The Labute approximate surface area is 92.8 Å². The second kappa shape index (κ2) is 4.53. The zero-order valence-corrected chi connectivity index (χ0v) is 8.58. The van der Waals surface area contributed by atoms with Crippen molar-refractivity contribution in [2.75, 3.05) is 0 Å². The van der Waals surface area contributed by atoms with Crippen LogP contribution in [-0.4, -0.2) is 16.1 Å². The summed E-state index contributed by atoms with van der Waals surface area (Å²) < 4.78 is 1.66. The first kappa shape index (κ1) is 10.3. The molecule has 0 aliphatic heterocycles. The standard InChI is InChI=1S/C12H10N2O2/c15-12(16)11-8-13-6-7-14(11)9-10-4-2-1-3-5-10/h1-8H,9H2/p+1. The van der Waals surface area contributed by atoms with E-state index in [9.17, 15) is 4.79 Å². The fraction of sp³-hybridized carbons (Fsp3) is 0.0833. The van der Waals surface area contributed by atoms with Crippen LogP contribution < -0.4 is 4.57 Å². The average Bonchev–Trinajstić information content (AvgIpc) is 2.31. The Kier molecular flexibility index (Phi) is 2.91. The first-order valence-electron chi connectivity index (χ1n) is 4.88. The van der Waals surface area contributed by atoms with Gasteiger partial charge in [0.15, 0.2) is 12.7 Å². The second-order valence-electron chi connectivity index (χ2n) is 3.38. The highest BCUT2D eigenvalue weighted by Gasteiger charge is 2.17. The van der Waals surface area contributed by atoms with Crippen LogP contribution >= 0.6 is 0 Å². The number of carbonyl (C=O) groups is 1. The summed E-state index contributed by atoms with van der Waals surface area (Å²) in [6.07, 6.45) is 4.59. The molecule has 1 aromatic heterocycles. The van der Waals surface area contributed by atoms with Crippen LogP contribution in [-0.2, 0) is 6.54 Å². The van der Waals surface area contributed by atoms with E-state index in [0.29, 0.717) is 6.54 Å². The number of carboxylic acid groups (broad SMARTS) is 1. The topological polar surface area (TPSA) is 54.1 Å². The van der Waals surface area contributed by atoms with Crippen molar-refractivity contribution in [3.63, 3.8) is 0 Å². The summed E-state index contributed by atoms with van der Waals surface area (Å²) in [5, 5.41) is 8.98. The molecule has 0 aliphatic carbocycles. The lowest BCUT2D eigenvalue weighted by molar-refractivity contribution is -0.691. The maximum atomic E-state index is 11.0. The molecule has 0 spiro atoms. The highest BCUT2D eigenvalue weighted by Crippen LogP contribution is 1.98. The number of carboxylic acids is 1. The summed E-state index contributed by atoms with van der Waals surface area (Å²) in [6, 6.07) is 9.70. The predicted molar refractivity (Wildman–Crippen MR) is 56.9 cm³/mol. The molecule has 0 saturated carbocycles. The highest BCUT2D eigenvalue weighted by atomic mass is 16.4. The summed E-state index contributed by atoms with van der Waals surface area (Å²) >= 11 is 0. The molecular weight excluding hydrogens is 204 g/mol. The minimum atomic E-state index is -0.968. The Morgan fingerprint density at radius 3 is 2.75 bits per heavy atom. The number of aromatic carboxylic acids is 1. The zero-order valence-electron chi connectivity index (χ0n) is 8.58. The van der Waals surface area contributed by atoms with Crippen LogP contribution in [0.1, 0.15) is 16.1 Å². The van der Waals surface area contributed by atoms with Crippen molar-refractivity contribution in [1.29, 1.82) is 0 Å². The van der Waals surface area contributed by atoms with Crippen molar-refractivity contribution in [2.45, 2.75) is 6.54 Å². The van der Waals surface area contributed by atoms with Crippen molar-refractivity contribution in [2.24, 2.45) is 0 Å². The third-order valence-corrected chi connectivity index (χ3v) is 2.25. The van der Waals surface area contributed by atoms with Gasteiger partial charge >= 0.3 is 11.7 Å². The van der Waals surface area contributed by atoms with Gasteiger partial charge in [0.2, 0.25) is 0 Å². The average molecular weight is 215 g/mol. The van der Waals surface area contributed by atoms with E-state index < -0.39 is 5.97 Å². The van der Waals surface area contributed by atoms with E-state index in [4.69, 9.17) is 5.11 Å². The predicted octanol–water partition coefficient (Wildman–Crippen LogP) is 1.12. The third kappa shape index (κ3) is 2.23. The first-order chi connectivity index (χ1) is 7.77. The summed E-state index contributed by atoms with van der Waals surface area (Å²) in [6.45, 7) is 0.533. The normalized spacial score (nSPS) is 10.0. The highest BCUT2D eigenvalue weighted by molar-refractivity contribution is 5.83. The van der Waals surface area contributed by atoms with Gasteiger partial charge in [0, 0.05) is 5.56 Å². The van der Waals surface area contributed by atoms with Crippen LogP contribution in [0.5, 0.6) is 0 Å². The smallest absolute Gasteiger partial charge is 0.402 e. The van der Waals surface area contributed by atoms with E-state index >= 15 is 0 Å². The van der Waals surface area contributed by atoms with E-state index in [1.165, 1.54) is 6.20 Å². The molecule has 0 amide bonds. The Morgan fingerprint density at radius 1 is 1.31 bits per heavy atom. The van der Waals surface area contributed by atoms with E-state index in [2.05, 4.69) is 4.98 Å². The van der Waals surface area contributed by atoms with Gasteiger partial charge in [-0.25, -0.2) is 4.79 Å². The fourth-order valence-electron chi connectivity index (χ4n) is 1.48. The van der Waals surface area contributed by atoms with E-state index in [1.54, 1.807) is 17.0 Å². The van der Waals surface area contributed by atoms with Gasteiger partial charge in [-0.1, -0.05) is 30.3 Å². The number of nitrogens with zero attached hydrogens (tertiary/aromatic N) is 2. The molecule has 2 rings (SSSR count). The van der Waals surface area contributed by atoms with Gasteiger partial charge in [-0.2, -0.15) is 4.57 Å². The Balaban J connectivity index is 2.31. The Bertz CT molecular complexity index is 497. The number of hydrogen-bond acceptors (Lipinski definition) is 2. The molecule has 16 heavy (non-hydrogen) atoms. The molecule has 1 aromatic carbocycles. The molecule has 2 aromatic rings. The van der Waals surface area contributed by atoms with Crippen LogP contribution in [0.25, 0.3) is 0 Å². The van der Waals surface area contributed by atoms with Crippen molar-refractivity contribution < 1.29 is 14.5 Å². The van der Waals surface area contributed by atoms with Gasteiger partial charge in [-0.3, -0.25) is 4.98 Å². The Hall–Kier alpha value is -2.23. The lowest BCUT2D eigenvalue weighted by Crippen LogP contribution is -2.40. The van der Waals surface area contributed by atoms with Gasteiger partial charge in [-0.05, 0) is 0 Å². The van der Waals surface area contributed by atoms with Crippen molar-refractivity contribution in [1.82, 2.24) is 4.98 Å². The summed E-state index contributed by atoms with van der Waals surface area (Å²) in [5.41, 5.74) is 1.24. The number of benzene rings is 1. The second-order valence-corrected chi connectivity index (χ2v) is 3.38. The SMILES string of the molecule is O=C(O)c1cncc[n+]1Cc1ccccc1. The molecule has 80 valence electrons. The fourth-order valence-corrected chi connectivity index (χ4v) is 1.48. The zero-order chi connectivity index (χ0) is 11.4. The van der Waals surface area contributed by atoms with Gasteiger partial charge < -0.3 is 5.11 Å². The lowest BCUT2D eigenvalue weighted by atomic mass is 10.2. The molecule has 1 N–H and O–H groups in total. The quantitative estimate of drug-likeness (QED) is 0.780. The van der Waals surface area contributed by atoms with Gasteiger partial charge in [0.25, 0.3) is 0 Å². The van der Waals surface area contributed by atoms with Gasteiger partial charge in [0.1, 0.15) is 6.20 Å². The molecular formula is C12H11N2O2+. The summed E-state index contributed by atoms with van der Waals surface area (Å²) in [7, 11) is 0. The van der Waals surface area contributed by atoms with Crippen LogP contribution in [0, 0.1) is 0 Å². The van der Waals surface area contributed by atoms with Crippen LogP contribution in [0.4, 0.5) is 0 Å². The van der Waals surface area contributed by atoms with Crippen LogP contribution in [0.15, 0.2) is 48.9 Å². The minimum absolute atomic E-state index is 0.186. The minimum Gasteiger partial charge on any atom is -0.473 e. The van der Waals surface area contributed by atoms with Crippen molar-refractivity contribution >= 4 is 5.97 Å². The Morgan fingerprint density at radius 2 is 2.06 bits per heavy atom. The van der Waals surface area contributed by atoms with Crippen LogP contribution in [0.3, 0.4) is 0 Å². The van der Waals surface area contributed by atoms with Crippen LogP contribution in [0.2, 0.25) is 0 Å². The monoisotopic (exact) mass is 215 g/mol. The van der Waals surface area contributed by atoms with E-state index in [-0.39, 0.29) is 5.69 Å². The number of rotatable bonds is 3. The molecule has 4 heteroatoms. The number of hydrogen-bond donors (Lipinski definition) is 1. The van der Waals surface area contributed by atoms with E-state index in [0.717, 1.165) is 5.56 Å². The van der Waals surface area contributed by atoms with Crippen molar-refractivity contribution in [3.05, 3.63) is 60.2 Å².